The molecule has 0 aliphatic rings. The van der Waals surface area contributed by atoms with Crippen molar-refractivity contribution in [2.45, 2.75) is 27.3 Å². The van der Waals surface area contributed by atoms with Crippen LogP contribution in [-0.4, -0.2) is 18.1 Å². The molecule has 0 saturated heterocycles. The fourth-order valence-corrected chi connectivity index (χ4v) is 3.12. The Balaban J connectivity index is 2.28. The lowest BCUT2D eigenvalue weighted by atomic mass is 10.3. The molecule has 1 heterocycles. The van der Waals surface area contributed by atoms with Crippen LogP contribution in [0.4, 0.5) is 15.2 Å². The highest BCUT2D eigenvalue weighted by atomic mass is 32.1. The normalized spacial score (nSPS) is 10.8. The number of anilines is 2. The molecule has 0 radical (unpaired) electrons. The zero-order valence-electron chi connectivity index (χ0n) is 12.1. The van der Waals surface area contributed by atoms with E-state index in [4.69, 9.17) is 0 Å². The average molecular weight is 293 g/mol. The Labute approximate surface area is 123 Å². The second-order valence-corrected chi connectivity index (χ2v) is 5.57. The van der Waals surface area contributed by atoms with E-state index < -0.39 is 0 Å². The van der Waals surface area contributed by atoms with Gasteiger partial charge in [0.25, 0.3) is 0 Å². The predicted octanol–water partition coefficient (Wildman–Crippen LogP) is 3.86. The summed E-state index contributed by atoms with van der Waals surface area (Å²) >= 11 is 1.66. The molecule has 2 aromatic rings. The Kier molecular flexibility index (Phi) is 5.09. The second-order valence-electron chi connectivity index (χ2n) is 4.51. The number of thiazole rings is 1. The summed E-state index contributed by atoms with van der Waals surface area (Å²) in [6.07, 6.45) is 0. The monoisotopic (exact) mass is 293 g/mol. The van der Waals surface area contributed by atoms with Gasteiger partial charge in [-0.1, -0.05) is 24.3 Å². The van der Waals surface area contributed by atoms with E-state index >= 15 is 0 Å². The third kappa shape index (κ3) is 3.35. The lowest BCUT2D eigenvalue weighted by molar-refractivity contribution is 0.627. The van der Waals surface area contributed by atoms with Crippen molar-refractivity contribution in [1.82, 2.24) is 10.3 Å². The Bertz CT molecular complexity index is 568. The number of benzene rings is 1. The third-order valence-corrected chi connectivity index (χ3v) is 4.26. The fourth-order valence-electron chi connectivity index (χ4n) is 2.00. The summed E-state index contributed by atoms with van der Waals surface area (Å²) in [6, 6.07) is 6.64. The quantitative estimate of drug-likeness (QED) is 0.876. The number of aryl methyl sites for hydroxylation is 1. The minimum Gasteiger partial charge on any atom is -0.318 e. The highest BCUT2D eigenvalue weighted by molar-refractivity contribution is 7.15. The van der Waals surface area contributed by atoms with Crippen molar-refractivity contribution in [1.29, 1.82) is 0 Å². The van der Waals surface area contributed by atoms with Crippen LogP contribution in [0.15, 0.2) is 24.3 Å². The number of rotatable bonds is 6. The number of halogens is 1. The molecular formula is C15H20FN3S. The van der Waals surface area contributed by atoms with Gasteiger partial charge in [0, 0.05) is 23.7 Å². The molecule has 1 N–H and O–H groups in total. The maximum absolute atomic E-state index is 13.4. The van der Waals surface area contributed by atoms with Gasteiger partial charge >= 0.3 is 0 Å². The SMILES string of the molecule is CCNCc1sc(N(CC)c2cccc(F)c2)nc1C. The molecular weight excluding hydrogens is 273 g/mol. The molecule has 1 aromatic heterocycles. The van der Waals surface area contributed by atoms with Gasteiger partial charge in [-0.2, -0.15) is 0 Å². The lowest BCUT2D eigenvalue weighted by Crippen LogP contribution is -2.15. The van der Waals surface area contributed by atoms with Gasteiger partial charge < -0.3 is 10.2 Å². The minimum absolute atomic E-state index is 0.220. The van der Waals surface area contributed by atoms with E-state index in [0.717, 1.165) is 36.1 Å². The Morgan fingerprint density at radius 3 is 2.80 bits per heavy atom. The van der Waals surface area contributed by atoms with Gasteiger partial charge in [0.1, 0.15) is 5.82 Å². The van der Waals surface area contributed by atoms with Crippen LogP contribution in [0, 0.1) is 12.7 Å². The van der Waals surface area contributed by atoms with Gasteiger partial charge in [0.15, 0.2) is 5.13 Å². The smallest absolute Gasteiger partial charge is 0.190 e. The van der Waals surface area contributed by atoms with Gasteiger partial charge in [0.2, 0.25) is 0 Å². The van der Waals surface area contributed by atoms with Crippen LogP contribution in [0.25, 0.3) is 0 Å². The molecule has 0 saturated carbocycles. The van der Waals surface area contributed by atoms with Crippen molar-refractivity contribution >= 4 is 22.2 Å². The zero-order chi connectivity index (χ0) is 14.5. The number of hydrogen-bond donors (Lipinski definition) is 1. The van der Waals surface area contributed by atoms with Crippen molar-refractivity contribution in [3.63, 3.8) is 0 Å². The van der Waals surface area contributed by atoms with E-state index in [1.54, 1.807) is 23.5 Å². The first-order valence-electron chi connectivity index (χ1n) is 6.85. The summed E-state index contributed by atoms with van der Waals surface area (Å²) in [5.41, 5.74) is 1.89. The molecule has 20 heavy (non-hydrogen) atoms. The van der Waals surface area contributed by atoms with Crippen LogP contribution in [0.3, 0.4) is 0 Å². The van der Waals surface area contributed by atoms with Crippen LogP contribution in [0.5, 0.6) is 0 Å². The van der Waals surface area contributed by atoms with Gasteiger partial charge in [-0.15, -0.1) is 0 Å². The molecule has 3 nitrogen and oxygen atoms in total. The molecule has 0 bridgehead atoms. The van der Waals surface area contributed by atoms with E-state index in [2.05, 4.69) is 17.2 Å². The molecule has 0 unspecified atom stereocenters. The van der Waals surface area contributed by atoms with Gasteiger partial charge in [0.05, 0.1) is 5.69 Å². The molecule has 5 heteroatoms. The van der Waals surface area contributed by atoms with E-state index in [9.17, 15) is 4.39 Å². The van der Waals surface area contributed by atoms with Crippen molar-refractivity contribution in [3.8, 4) is 0 Å². The first-order valence-corrected chi connectivity index (χ1v) is 7.67. The van der Waals surface area contributed by atoms with E-state index in [-0.39, 0.29) is 5.82 Å². The Morgan fingerprint density at radius 2 is 2.15 bits per heavy atom. The number of hydrogen-bond acceptors (Lipinski definition) is 4. The zero-order valence-corrected chi connectivity index (χ0v) is 12.9. The van der Waals surface area contributed by atoms with Gasteiger partial charge in [-0.05, 0) is 38.6 Å². The summed E-state index contributed by atoms with van der Waals surface area (Å²) in [5, 5.41) is 4.24. The minimum atomic E-state index is -0.220. The molecule has 0 aliphatic carbocycles. The number of nitrogens with one attached hydrogen (secondary N) is 1. The van der Waals surface area contributed by atoms with Crippen molar-refractivity contribution in [2.75, 3.05) is 18.0 Å². The highest BCUT2D eigenvalue weighted by Crippen LogP contribution is 2.31. The summed E-state index contributed by atoms with van der Waals surface area (Å²) < 4.78 is 13.4. The molecule has 0 amide bonds. The number of nitrogens with zero attached hydrogens (tertiary/aromatic N) is 2. The van der Waals surface area contributed by atoms with Crippen LogP contribution in [0.2, 0.25) is 0 Å². The van der Waals surface area contributed by atoms with E-state index in [1.165, 1.54) is 10.9 Å². The van der Waals surface area contributed by atoms with Crippen molar-refractivity contribution in [3.05, 3.63) is 40.7 Å². The van der Waals surface area contributed by atoms with Crippen molar-refractivity contribution in [2.24, 2.45) is 0 Å². The largest absolute Gasteiger partial charge is 0.318 e. The molecule has 2 rings (SSSR count). The summed E-state index contributed by atoms with van der Waals surface area (Å²) in [7, 11) is 0. The van der Waals surface area contributed by atoms with Crippen molar-refractivity contribution < 1.29 is 4.39 Å². The predicted molar refractivity (Wildman–Crippen MR) is 83.3 cm³/mol. The summed E-state index contributed by atoms with van der Waals surface area (Å²) in [4.78, 5) is 7.89. The molecule has 0 aliphatic heterocycles. The standard InChI is InChI=1S/C15H20FN3S/c1-4-17-10-14-11(3)18-15(20-14)19(5-2)13-8-6-7-12(16)9-13/h6-9,17H,4-5,10H2,1-3H3. The summed E-state index contributed by atoms with van der Waals surface area (Å²) in [6.45, 7) is 8.69. The molecule has 0 spiro atoms. The molecule has 108 valence electrons. The van der Waals surface area contributed by atoms with Crippen LogP contribution >= 0.6 is 11.3 Å². The Morgan fingerprint density at radius 1 is 1.35 bits per heavy atom. The Hall–Kier alpha value is -1.46. The second kappa shape index (κ2) is 6.81. The first kappa shape index (κ1) is 14.9. The molecule has 0 fully saturated rings. The van der Waals surface area contributed by atoms with Crippen LogP contribution < -0.4 is 10.2 Å². The van der Waals surface area contributed by atoms with Crippen LogP contribution in [0.1, 0.15) is 24.4 Å². The third-order valence-electron chi connectivity index (χ3n) is 3.08. The molecule has 1 aromatic carbocycles. The average Bonchev–Trinajstić information content (AvgIpc) is 2.78. The van der Waals surface area contributed by atoms with Gasteiger partial charge in [-0.3, -0.25) is 0 Å². The summed E-state index contributed by atoms with van der Waals surface area (Å²) in [5.74, 6) is -0.220. The lowest BCUT2D eigenvalue weighted by Gasteiger charge is -2.19. The van der Waals surface area contributed by atoms with E-state index in [0.29, 0.717) is 0 Å². The number of aromatic nitrogens is 1. The maximum atomic E-state index is 13.4. The highest BCUT2D eigenvalue weighted by Gasteiger charge is 2.14. The van der Waals surface area contributed by atoms with Crippen LogP contribution in [-0.2, 0) is 6.54 Å². The maximum Gasteiger partial charge on any atom is 0.190 e. The fraction of sp³-hybridized carbons (Fsp3) is 0.400. The van der Waals surface area contributed by atoms with E-state index in [1.807, 2.05) is 24.8 Å². The first-order chi connectivity index (χ1) is 9.65. The van der Waals surface area contributed by atoms with Gasteiger partial charge in [-0.25, -0.2) is 9.37 Å². The molecule has 0 atom stereocenters. The topological polar surface area (TPSA) is 28.2 Å².